The lowest BCUT2D eigenvalue weighted by molar-refractivity contribution is 0.143. The first-order valence-electron chi connectivity index (χ1n) is 11.0. The molecule has 0 radical (unpaired) electrons. The van der Waals surface area contributed by atoms with Gasteiger partial charge in [0.15, 0.2) is 11.4 Å². The molecule has 1 aromatic heterocycles. The minimum absolute atomic E-state index is 0.375. The number of rotatable bonds is 5. The highest BCUT2D eigenvalue weighted by molar-refractivity contribution is 6.30. The summed E-state index contributed by atoms with van der Waals surface area (Å²) >= 11 is 6.13. The van der Waals surface area contributed by atoms with Crippen molar-refractivity contribution in [3.8, 4) is 17.0 Å². The highest BCUT2D eigenvalue weighted by Crippen LogP contribution is 2.37. The Labute approximate surface area is 207 Å². The van der Waals surface area contributed by atoms with Crippen molar-refractivity contribution in [2.24, 2.45) is 12.1 Å². The molecule has 0 spiro atoms. The Morgan fingerprint density at radius 1 is 1.06 bits per heavy atom. The molecule has 4 aromatic rings. The van der Waals surface area contributed by atoms with Gasteiger partial charge in [-0.1, -0.05) is 41.9 Å². The molecule has 0 amide bonds. The molecule has 1 aliphatic heterocycles. The van der Waals surface area contributed by atoms with Crippen LogP contribution in [0.2, 0.25) is 5.02 Å². The van der Waals surface area contributed by atoms with Gasteiger partial charge in [-0.05, 0) is 47.5 Å². The molecule has 0 fully saturated rings. The summed E-state index contributed by atoms with van der Waals surface area (Å²) in [5.41, 5.74) is 4.08. The van der Waals surface area contributed by atoms with Gasteiger partial charge in [0.2, 0.25) is 0 Å². The van der Waals surface area contributed by atoms with E-state index in [1.807, 2.05) is 48.3 Å². The van der Waals surface area contributed by atoms with Gasteiger partial charge < -0.3 is 14.7 Å². The van der Waals surface area contributed by atoms with Crippen LogP contribution >= 0.6 is 11.6 Å². The van der Waals surface area contributed by atoms with Crippen LogP contribution in [-0.4, -0.2) is 46.2 Å². The van der Waals surface area contributed by atoms with Gasteiger partial charge in [-0.3, -0.25) is 9.99 Å². The van der Waals surface area contributed by atoms with Crippen molar-refractivity contribution in [3.05, 3.63) is 93.4 Å². The molecule has 0 saturated heterocycles. The Morgan fingerprint density at radius 3 is 2.49 bits per heavy atom. The van der Waals surface area contributed by atoms with Gasteiger partial charge in [0, 0.05) is 30.1 Å². The molecular weight excluding hydrogens is 466 g/mol. The molecule has 1 atom stereocenters. The van der Waals surface area contributed by atoms with E-state index in [2.05, 4.69) is 15.5 Å². The summed E-state index contributed by atoms with van der Waals surface area (Å²) in [6.45, 7) is 0.462. The lowest BCUT2D eigenvalue weighted by Crippen LogP contribution is -2.44. The van der Waals surface area contributed by atoms with Gasteiger partial charge in [-0.25, -0.2) is 4.79 Å². The zero-order chi connectivity index (χ0) is 24.7. The van der Waals surface area contributed by atoms with Crippen molar-refractivity contribution < 1.29 is 9.84 Å². The van der Waals surface area contributed by atoms with Crippen LogP contribution in [0.1, 0.15) is 11.1 Å². The molecule has 35 heavy (non-hydrogen) atoms. The van der Waals surface area contributed by atoms with Crippen molar-refractivity contribution in [1.29, 1.82) is 0 Å². The van der Waals surface area contributed by atoms with E-state index in [0.29, 0.717) is 51.0 Å². The summed E-state index contributed by atoms with van der Waals surface area (Å²) in [6, 6.07) is 19.9. The Morgan fingerprint density at radius 2 is 1.80 bits per heavy atom. The predicted molar refractivity (Wildman–Crippen MR) is 137 cm³/mol. The van der Waals surface area contributed by atoms with E-state index in [1.165, 1.54) is 4.57 Å². The minimum Gasteiger partial charge on any atom is -0.497 e. The van der Waals surface area contributed by atoms with Gasteiger partial charge >= 0.3 is 5.69 Å². The number of nitrogens with zero attached hydrogens (tertiary/aromatic N) is 4. The van der Waals surface area contributed by atoms with E-state index in [1.54, 1.807) is 44.5 Å². The fourth-order valence-corrected chi connectivity index (χ4v) is 4.54. The molecule has 178 valence electrons. The number of hydrazone groups is 1. The number of aromatic nitrogens is 2. The first-order chi connectivity index (χ1) is 16.8. The number of methoxy groups -OCH3 is 1. The van der Waals surface area contributed by atoms with Gasteiger partial charge in [0.25, 0.3) is 0 Å². The first-order valence-corrected chi connectivity index (χ1v) is 11.4. The normalized spacial score (nSPS) is 15.0. The van der Waals surface area contributed by atoms with Crippen LogP contribution in [0.15, 0.2) is 76.6 Å². The lowest BCUT2D eigenvalue weighted by Gasteiger charge is -2.32. The molecule has 0 bridgehead atoms. The number of likely N-dealkylation sites (N-methyl/N-ethyl adjacent to an activating group) is 1. The first kappa shape index (κ1) is 22.9. The van der Waals surface area contributed by atoms with Gasteiger partial charge in [-0.2, -0.15) is 10.1 Å². The molecule has 0 aliphatic carbocycles. The second kappa shape index (κ2) is 8.72. The van der Waals surface area contributed by atoms with Crippen molar-refractivity contribution in [1.82, 2.24) is 19.9 Å². The van der Waals surface area contributed by atoms with Crippen molar-refractivity contribution >= 4 is 28.3 Å². The van der Waals surface area contributed by atoms with E-state index in [9.17, 15) is 9.90 Å². The quantitative estimate of drug-likeness (QED) is 0.447. The Bertz CT molecular complexity index is 1520. The number of halogens is 1. The number of nitrogens with one attached hydrogen (secondary N) is 1. The zero-order valence-electron chi connectivity index (χ0n) is 19.5. The van der Waals surface area contributed by atoms with Crippen LogP contribution in [-0.2, 0) is 12.6 Å². The van der Waals surface area contributed by atoms with E-state index < -0.39 is 5.60 Å². The van der Waals surface area contributed by atoms with Crippen molar-refractivity contribution in [2.45, 2.75) is 5.60 Å². The van der Waals surface area contributed by atoms with Crippen LogP contribution in [0.25, 0.3) is 22.2 Å². The highest BCUT2D eigenvalue weighted by atomic mass is 35.5. The van der Waals surface area contributed by atoms with Gasteiger partial charge in [0.1, 0.15) is 12.4 Å². The van der Waals surface area contributed by atoms with Gasteiger partial charge in [0.05, 0.1) is 18.3 Å². The fraction of sp³-hybridized carbons (Fsp3) is 0.192. The monoisotopic (exact) mass is 489 g/mol. The Balaban J connectivity index is 1.80. The maximum Gasteiger partial charge on any atom is 0.348 e. The van der Waals surface area contributed by atoms with Crippen LogP contribution in [0.5, 0.6) is 5.75 Å². The van der Waals surface area contributed by atoms with Crippen LogP contribution in [0.3, 0.4) is 0 Å². The lowest BCUT2D eigenvalue weighted by atomic mass is 9.83. The smallest absolute Gasteiger partial charge is 0.348 e. The van der Waals surface area contributed by atoms with E-state index in [-0.39, 0.29) is 5.69 Å². The Hall–Kier alpha value is -3.88. The van der Waals surface area contributed by atoms with Crippen LogP contribution in [0, 0.1) is 0 Å². The summed E-state index contributed by atoms with van der Waals surface area (Å²) < 4.78 is 6.87. The topological polar surface area (TPSA) is 92.0 Å². The maximum atomic E-state index is 12.7. The fourth-order valence-electron chi connectivity index (χ4n) is 4.42. The summed E-state index contributed by atoms with van der Waals surface area (Å²) in [7, 11) is 5.12. The van der Waals surface area contributed by atoms with Crippen LogP contribution < -0.4 is 15.9 Å². The second-order valence-corrected chi connectivity index (χ2v) is 8.87. The number of benzene rings is 3. The summed E-state index contributed by atoms with van der Waals surface area (Å²) in [5.74, 6) is 1.10. The third-order valence-corrected chi connectivity index (χ3v) is 6.56. The average molecular weight is 490 g/mol. The minimum atomic E-state index is -1.59. The number of aryl methyl sites for hydroxylation is 1. The molecule has 5 rings (SSSR count). The maximum absolute atomic E-state index is 12.7. The molecule has 1 unspecified atom stereocenters. The molecule has 1 aliphatic rings. The van der Waals surface area contributed by atoms with E-state index in [0.717, 1.165) is 5.56 Å². The highest BCUT2D eigenvalue weighted by Gasteiger charge is 2.42. The Kier molecular flexibility index (Phi) is 5.70. The number of ether oxygens (including phenoxy) is 1. The number of hydrogen-bond donors (Lipinski definition) is 2. The third kappa shape index (κ3) is 3.80. The van der Waals surface area contributed by atoms with Crippen molar-refractivity contribution in [2.75, 3.05) is 20.8 Å². The summed E-state index contributed by atoms with van der Waals surface area (Å²) in [4.78, 5) is 18.9. The number of hydrogen-bond acceptors (Lipinski definition) is 7. The molecule has 3 aromatic carbocycles. The standard InChI is InChI=1S/C26H24ClN5O3/c1-31-15-28-30-24(31)26(34,17-7-10-19(27)11-8-17)18-9-12-22-21(14-18)23(29-25(33)32(22)2)16-5-4-6-20(13-16)35-3/h4-14,28,34H,15H2,1-3H3. The van der Waals surface area contributed by atoms with E-state index >= 15 is 0 Å². The summed E-state index contributed by atoms with van der Waals surface area (Å²) in [6.07, 6.45) is 0. The molecule has 9 heteroatoms. The second-order valence-electron chi connectivity index (χ2n) is 8.43. The largest absolute Gasteiger partial charge is 0.497 e. The number of amidine groups is 1. The molecular formula is C26H24ClN5O3. The van der Waals surface area contributed by atoms with Gasteiger partial charge in [-0.15, -0.1) is 0 Å². The number of fused-ring (bicyclic) bond motifs is 1. The SMILES string of the molecule is COc1cccc(-c2nc(=O)n(C)c3ccc(C(O)(C4=NNCN4C)c4ccc(Cl)cc4)cc23)c1. The molecule has 2 heterocycles. The average Bonchev–Trinajstić information content (AvgIpc) is 3.32. The number of aliphatic hydroxyl groups is 1. The van der Waals surface area contributed by atoms with E-state index in [4.69, 9.17) is 16.3 Å². The molecule has 8 nitrogen and oxygen atoms in total. The zero-order valence-corrected chi connectivity index (χ0v) is 20.2. The summed E-state index contributed by atoms with van der Waals surface area (Å²) in [5, 5.41) is 18.0. The van der Waals surface area contributed by atoms with Crippen LogP contribution in [0.4, 0.5) is 0 Å². The molecule has 0 saturated carbocycles. The van der Waals surface area contributed by atoms with Crippen molar-refractivity contribution in [3.63, 3.8) is 0 Å². The predicted octanol–water partition coefficient (Wildman–Crippen LogP) is 3.30. The molecule has 2 N–H and O–H groups in total. The third-order valence-electron chi connectivity index (χ3n) is 6.31.